The number of hydrogen-bond acceptors (Lipinski definition) is 6. The highest BCUT2D eigenvalue weighted by Gasteiger charge is 2.10. The summed E-state index contributed by atoms with van der Waals surface area (Å²) < 4.78 is 18.0. The van der Waals surface area contributed by atoms with Gasteiger partial charge in [-0.2, -0.15) is 0 Å². The normalized spacial score (nSPS) is 11.1. The van der Waals surface area contributed by atoms with Crippen LogP contribution in [0.1, 0.15) is 44.7 Å². The topological polar surface area (TPSA) is 80.8 Å². The van der Waals surface area contributed by atoms with Gasteiger partial charge < -0.3 is 19.3 Å². The predicted octanol–water partition coefficient (Wildman–Crippen LogP) is 7.60. The van der Waals surface area contributed by atoms with Crippen LogP contribution in [0.2, 0.25) is 0 Å². The average molecular weight is 534 g/mol. The first-order chi connectivity index (χ1) is 18.4. The highest BCUT2D eigenvalue weighted by molar-refractivity contribution is 7.13. The number of nitrogens with one attached hydrogen (secondary N) is 1. The van der Waals surface area contributed by atoms with Crippen LogP contribution in [-0.2, 0) is 12.8 Å². The third-order valence-corrected chi connectivity index (χ3v) is 6.84. The average Bonchev–Trinajstić information content (AvgIpc) is 3.24. The van der Waals surface area contributed by atoms with E-state index in [1.165, 1.54) is 5.56 Å². The van der Waals surface area contributed by atoms with Crippen LogP contribution in [0.4, 0.5) is 0 Å². The predicted molar refractivity (Wildman–Crippen MR) is 153 cm³/mol. The van der Waals surface area contributed by atoms with E-state index in [-0.39, 0.29) is 10.8 Å². The van der Waals surface area contributed by atoms with Crippen molar-refractivity contribution < 1.29 is 19.3 Å². The minimum absolute atomic E-state index is 0.108. The Balaban J connectivity index is 1.26. The van der Waals surface area contributed by atoms with Gasteiger partial charge in [-0.25, -0.2) is 0 Å². The molecule has 3 aromatic carbocycles. The summed E-state index contributed by atoms with van der Waals surface area (Å²) in [6.07, 6.45) is 3.72. The number of aryl methyl sites for hydroxylation is 1. The lowest BCUT2D eigenvalue weighted by Gasteiger charge is -2.14. The molecule has 0 spiro atoms. The van der Waals surface area contributed by atoms with Crippen LogP contribution < -0.4 is 19.1 Å². The van der Waals surface area contributed by atoms with Gasteiger partial charge in [0.1, 0.15) is 23.0 Å². The fraction of sp³-hybridized carbons (Fsp3) is 0.323. The highest BCUT2D eigenvalue weighted by Crippen LogP contribution is 2.31. The van der Waals surface area contributed by atoms with E-state index in [2.05, 4.69) is 44.0 Å². The molecule has 4 rings (SSSR count). The number of aromatic amines is 1. The van der Waals surface area contributed by atoms with Gasteiger partial charge in [0.25, 0.3) is 0 Å². The van der Waals surface area contributed by atoms with Crippen LogP contribution in [0, 0.1) is 5.92 Å². The van der Waals surface area contributed by atoms with Gasteiger partial charge in [-0.15, -0.1) is 0 Å². The summed E-state index contributed by atoms with van der Waals surface area (Å²) in [7, 11) is 0. The first-order valence-corrected chi connectivity index (χ1v) is 13.9. The Morgan fingerprint density at radius 2 is 1.58 bits per heavy atom. The lowest BCUT2D eigenvalue weighted by molar-refractivity contribution is 0.246. The summed E-state index contributed by atoms with van der Waals surface area (Å²) in [6.45, 7) is 7.65. The Morgan fingerprint density at radius 1 is 0.895 bits per heavy atom. The Hall–Kier alpha value is -3.71. The third-order valence-electron chi connectivity index (χ3n) is 5.92. The first kappa shape index (κ1) is 27.3. The summed E-state index contributed by atoms with van der Waals surface area (Å²) in [6, 6.07) is 21.6. The Morgan fingerprint density at radius 3 is 2.24 bits per heavy atom. The maximum Gasteiger partial charge on any atom is 0.307 e. The second kappa shape index (κ2) is 13.2. The molecule has 0 aliphatic heterocycles. The molecule has 0 saturated carbocycles. The molecule has 0 amide bonds. The van der Waals surface area contributed by atoms with Crippen LogP contribution in [0.15, 0.2) is 71.5 Å². The molecule has 6 nitrogen and oxygen atoms in total. The van der Waals surface area contributed by atoms with Gasteiger partial charge in [0.2, 0.25) is 5.88 Å². The summed E-state index contributed by atoms with van der Waals surface area (Å²) in [5.41, 5.74) is 3.22. The molecule has 0 saturated heterocycles. The van der Waals surface area contributed by atoms with Crippen molar-refractivity contribution in [3.8, 4) is 39.3 Å². The fourth-order valence-corrected chi connectivity index (χ4v) is 4.91. The van der Waals surface area contributed by atoms with E-state index in [0.717, 1.165) is 71.1 Å². The van der Waals surface area contributed by atoms with Crippen molar-refractivity contribution >= 4 is 11.3 Å². The van der Waals surface area contributed by atoms with Gasteiger partial charge in [0, 0.05) is 6.42 Å². The first-order valence-electron chi connectivity index (χ1n) is 13.1. The standard InChI is InChI=1S/C31H35NO5S/c1-4-6-24-20-27(37-26-11-7-22(8-12-26)19-21(2)3)15-16-28(24)36-18-5-17-35-25-13-9-23(10-14-25)29-30(33)32-31(34)38-29/h7-16,20-21,33H,4-6,17-19H2,1-3H3,(H,32,34). The number of aromatic hydroxyl groups is 1. The number of ether oxygens (including phenoxy) is 3. The molecular formula is C31H35NO5S. The molecule has 0 atom stereocenters. The zero-order valence-electron chi connectivity index (χ0n) is 22.2. The van der Waals surface area contributed by atoms with Crippen molar-refractivity contribution in [2.24, 2.45) is 5.92 Å². The molecule has 0 aliphatic carbocycles. The molecule has 200 valence electrons. The van der Waals surface area contributed by atoms with Crippen LogP contribution in [0.5, 0.6) is 28.9 Å². The van der Waals surface area contributed by atoms with E-state index < -0.39 is 0 Å². The zero-order chi connectivity index (χ0) is 26.9. The molecule has 0 unspecified atom stereocenters. The molecule has 1 heterocycles. The molecule has 0 fully saturated rings. The van der Waals surface area contributed by atoms with E-state index in [4.69, 9.17) is 14.2 Å². The fourth-order valence-electron chi connectivity index (χ4n) is 4.18. The van der Waals surface area contributed by atoms with E-state index in [0.29, 0.717) is 24.0 Å². The third kappa shape index (κ3) is 7.65. The Bertz CT molecular complexity index is 1360. The monoisotopic (exact) mass is 533 g/mol. The number of thiazole rings is 1. The van der Waals surface area contributed by atoms with Crippen LogP contribution in [0.25, 0.3) is 10.4 Å². The van der Waals surface area contributed by atoms with Gasteiger partial charge in [-0.1, -0.05) is 50.7 Å². The minimum Gasteiger partial charge on any atom is -0.493 e. The summed E-state index contributed by atoms with van der Waals surface area (Å²) in [4.78, 5) is 14.0. The lowest BCUT2D eigenvalue weighted by Crippen LogP contribution is -2.06. The Labute approximate surface area is 227 Å². The summed E-state index contributed by atoms with van der Waals surface area (Å²) in [5, 5.41) is 9.82. The second-order valence-electron chi connectivity index (χ2n) is 9.63. The van der Waals surface area contributed by atoms with Crippen LogP contribution in [-0.4, -0.2) is 23.3 Å². The van der Waals surface area contributed by atoms with E-state index >= 15 is 0 Å². The molecule has 0 aliphatic rings. The van der Waals surface area contributed by atoms with Gasteiger partial charge in [-0.3, -0.25) is 9.78 Å². The van der Waals surface area contributed by atoms with Crippen molar-refractivity contribution in [1.82, 2.24) is 4.98 Å². The van der Waals surface area contributed by atoms with E-state index in [1.54, 1.807) is 0 Å². The lowest BCUT2D eigenvalue weighted by atomic mass is 10.0. The molecule has 38 heavy (non-hydrogen) atoms. The summed E-state index contributed by atoms with van der Waals surface area (Å²) >= 11 is 0.977. The van der Waals surface area contributed by atoms with E-state index in [1.807, 2.05) is 48.5 Å². The van der Waals surface area contributed by atoms with Crippen LogP contribution >= 0.6 is 11.3 Å². The molecular weight excluding hydrogens is 498 g/mol. The number of H-pyrrole nitrogens is 1. The smallest absolute Gasteiger partial charge is 0.307 e. The van der Waals surface area contributed by atoms with Gasteiger partial charge in [0.15, 0.2) is 0 Å². The minimum atomic E-state index is -0.283. The van der Waals surface area contributed by atoms with Gasteiger partial charge in [-0.05, 0) is 90.0 Å². The number of hydrogen-bond donors (Lipinski definition) is 2. The maximum absolute atomic E-state index is 11.4. The molecule has 7 heteroatoms. The number of aromatic nitrogens is 1. The largest absolute Gasteiger partial charge is 0.493 e. The maximum atomic E-state index is 11.4. The molecule has 2 N–H and O–H groups in total. The van der Waals surface area contributed by atoms with Crippen molar-refractivity contribution in [1.29, 1.82) is 0 Å². The van der Waals surface area contributed by atoms with Crippen molar-refractivity contribution in [3.63, 3.8) is 0 Å². The van der Waals surface area contributed by atoms with E-state index in [9.17, 15) is 9.90 Å². The molecule has 1 aromatic heterocycles. The van der Waals surface area contributed by atoms with Gasteiger partial charge >= 0.3 is 4.87 Å². The summed E-state index contributed by atoms with van der Waals surface area (Å²) in [5.74, 6) is 3.76. The molecule has 4 aromatic rings. The second-order valence-corrected chi connectivity index (χ2v) is 10.6. The number of rotatable bonds is 13. The van der Waals surface area contributed by atoms with Crippen molar-refractivity contribution in [3.05, 3.63) is 87.5 Å². The SMILES string of the molecule is CCCc1cc(Oc2ccc(CC(C)C)cc2)ccc1OCCCOc1ccc(-c2sc(=O)[nH]c2O)cc1. The quantitative estimate of drug-likeness (QED) is 0.173. The molecule has 0 radical (unpaired) electrons. The highest BCUT2D eigenvalue weighted by atomic mass is 32.1. The van der Waals surface area contributed by atoms with Crippen LogP contribution in [0.3, 0.4) is 0 Å². The Kier molecular flexibility index (Phi) is 9.49. The molecule has 0 bridgehead atoms. The zero-order valence-corrected chi connectivity index (χ0v) is 23.0. The van der Waals surface area contributed by atoms with Gasteiger partial charge in [0.05, 0.1) is 18.1 Å². The van der Waals surface area contributed by atoms with Crippen molar-refractivity contribution in [2.75, 3.05) is 13.2 Å². The van der Waals surface area contributed by atoms with Crippen molar-refractivity contribution in [2.45, 2.75) is 46.5 Å². The number of benzene rings is 3.